The highest BCUT2D eigenvalue weighted by molar-refractivity contribution is 7.89. The number of carbonyl (C=O) groups is 1. The van der Waals surface area contributed by atoms with Crippen LogP contribution in [0.3, 0.4) is 0 Å². The number of hydrogen-bond donors (Lipinski definition) is 1. The van der Waals surface area contributed by atoms with Crippen molar-refractivity contribution in [3.8, 4) is 0 Å². The zero-order valence-electron chi connectivity index (χ0n) is 14.8. The molecule has 0 bridgehead atoms. The molecule has 156 valence electrons. The fourth-order valence-electron chi connectivity index (χ4n) is 2.42. The van der Waals surface area contributed by atoms with Crippen LogP contribution in [0.15, 0.2) is 53.4 Å². The summed E-state index contributed by atoms with van der Waals surface area (Å²) >= 11 is 0. The molecule has 0 amide bonds. The fourth-order valence-corrected chi connectivity index (χ4v) is 4.05. The molecule has 0 aliphatic rings. The molecule has 0 aliphatic carbocycles. The molecule has 2 aromatic carbocycles. The average Bonchev–Trinajstić information content (AvgIpc) is 2.65. The third kappa shape index (κ3) is 5.09. The minimum absolute atomic E-state index is 0.222. The number of sulfonamides is 1. The second-order valence-electron chi connectivity index (χ2n) is 6.01. The Morgan fingerprint density at radius 3 is 2.28 bits per heavy atom. The van der Waals surface area contributed by atoms with Crippen molar-refractivity contribution < 1.29 is 36.4 Å². The van der Waals surface area contributed by atoms with Gasteiger partial charge < -0.3 is 5.11 Å². The van der Waals surface area contributed by atoms with Crippen LogP contribution < -0.4 is 0 Å². The molecule has 0 radical (unpaired) electrons. The van der Waals surface area contributed by atoms with Gasteiger partial charge in [-0.2, -0.15) is 17.5 Å². The van der Waals surface area contributed by atoms with Crippen LogP contribution in [0, 0.1) is 10.1 Å². The summed E-state index contributed by atoms with van der Waals surface area (Å²) in [6.07, 6.45) is -4.78. The van der Waals surface area contributed by atoms with E-state index in [4.69, 9.17) is 0 Å². The molecule has 0 spiro atoms. The van der Waals surface area contributed by atoms with E-state index in [9.17, 15) is 41.6 Å². The summed E-state index contributed by atoms with van der Waals surface area (Å²) in [6, 6.07) is 6.04. The van der Waals surface area contributed by atoms with Crippen molar-refractivity contribution in [3.05, 3.63) is 69.8 Å². The van der Waals surface area contributed by atoms with Crippen LogP contribution in [0.1, 0.15) is 18.1 Å². The molecular weight excluding hydrogens is 417 g/mol. The van der Waals surface area contributed by atoms with E-state index >= 15 is 0 Å². The number of benzene rings is 2. The summed E-state index contributed by atoms with van der Waals surface area (Å²) in [6.45, 7) is 0.558. The summed E-state index contributed by atoms with van der Waals surface area (Å²) in [5.74, 6) is -1.51. The van der Waals surface area contributed by atoms with Crippen LogP contribution in [-0.4, -0.2) is 34.8 Å². The first-order chi connectivity index (χ1) is 13.3. The molecule has 0 fully saturated rings. The van der Waals surface area contributed by atoms with Gasteiger partial charge in [-0.3, -0.25) is 14.9 Å². The largest absolute Gasteiger partial charge is 0.480 e. The number of hydrogen-bond acceptors (Lipinski definition) is 5. The van der Waals surface area contributed by atoms with Crippen LogP contribution in [0.2, 0.25) is 0 Å². The molecule has 2 rings (SSSR count). The van der Waals surface area contributed by atoms with Crippen LogP contribution in [-0.2, 0) is 27.5 Å². The quantitative estimate of drug-likeness (QED) is 0.530. The van der Waals surface area contributed by atoms with Gasteiger partial charge in [-0.05, 0) is 30.7 Å². The third-order valence-corrected chi connectivity index (χ3v) is 5.96. The van der Waals surface area contributed by atoms with Gasteiger partial charge in [-0.25, -0.2) is 8.42 Å². The van der Waals surface area contributed by atoms with Gasteiger partial charge in [0.15, 0.2) is 0 Å². The Balaban J connectivity index is 2.48. The first kappa shape index (κ1) is 22.3. The van der Waals surface area contributed by atoms with Crippen molar-refractivity contribution in [1.82, 2.24) is 4.31 Å². The van der Waals surface area contributed by atoms with E-state index in [1.54, 1.807) is 0 Å². The first-order valence-electron chi connectivity index (χ1n) is 7.99. The van der Waals surface area contributed by atoms with Crippen LogP contribution >= 0.6 is 0 Å². The van der Waals surface area contributed by atoms with Crippen molar-refractivity contribution in [2.45, 2.75) is 30.6 Å². The number of nitrogens with zero attached hydrogens (tertiary/aromatic N) is 2. The van der Waals surface area contributed by atoms with Crippen molar-refractivity contribution in [3.63, 3.8) is 0 Å². The lowest BCUT2D eigenvalue weighted by Crippen LogP contribution is -2.42. The van der Waals surface area contributed by atoms with E-state index < -0.39 is 50.1 Å². The van der Waals surface area contributed by atoms with Crippen molar-refractivity contribution >= 4 is 21.7 Å². The molecule has 1 atom stereocenters. The number of nitro groups is 1. The maximum Gasteiger partial charge on any atom is 0.416 e. The zero-order valence-corrected chi connectivity index (χ0v) is 15.6. The molecule has 0 unspecified atom stereocenters. The molecule has 0 heterocycles. The summed E-state index contributed by atoms with van der Waals surface area (Å²) in [5.41, 5.74) is -1.23. The molecule has 12 heteroatoms. The second-order valence-corrected chi connectivity index (χ2v) is 7.90. The molecule has 29 heavy (non-hydrogen) atoms. The van der Waals surface area contributed by atoms with Crippen LogP contribution in [0.25, 0.3) is 0 Å². The number of non-ortho nitro benzene ring substituents is 1. The van der Waals surface area contributed by atoms with Crippen molar-refractivity contribution in [2.75, 3.05) is 0 Å². The molecule has 0 saturated carbocycles. The minimum Gasteiger partial charge on any atom is -0.480 e. The van der Waals surface area contributed by atoms with Crippen LogP contribution in [0.5, 0.6) is 0 Å². The highest BCUT2D eigenvalue weighted by atomic mass is 32.2. The normalized spacial score (nSPS) is 13.3. The smallest absolute Gasteiger partial charge is 0.416 e. The highest BCUT2D eigenvalue weighted by Gasteiger charge is 2.36. The number of carboxylic acid groups (broad SMARTS) is 1. The topological polar surface area (TPSA) is 118 Å². The molecular formula is C17H15F3N2O6S. The number of halogens is 3. The lowest BCUT2D eigenvalue weighted by Gasteiger charge is -2.26. The minimum atomic E-state index is -4.78. The molecule has 0 aromatic heterocycles. The van der Waals surface area contributed by atoms with E-state index in [2.05, 4.69) is 0 Å². The second kappa shape index (κ2) is 8.17. The number of carboxylic acids is 1. The van der Waals surface area contributed by atoms with Crippen molar-refractivity contribution in [2.24, 2.45) is 0 Å². The fraction of sp³-hybridized carbons (Fsp3) is 0.235. The first-order valence-corrected chi connectivity index (χ1v) is 9.43. The average molecular weight is 432 g/mol. The third-order valence-electron chi connectivity index (χ3n) is 4.04. The van der Waals surface area contributed by atoms with Gasteiger partial charge in [0.1, 0.15) is 6.04 Å². The Kier molecular flexibility index (Phi) is 6.28. The van der Waals surface area contributed by atoms with E-state index in [0.717, 1.165) is 31.2 Å². The molecule has 0 saturated heterocycles. The standard InChI is InChI=1S/C17H15F3N2O6S/c1-11(16(23)24)21(10-12-5-7-14(8-6-12)22(25)26)29(27,28)15-4-2-3-13(9-15)17(18,19)20/h2-9,11H,10H2,1H3,(H,23,24)/t11-/m0/s1. The van der Waals surface area contributed by atoms with Gasteiger partial charge in [0.25, 0.3) is 5.69 Å². The van der Waals surface area contributed by atoms with E-state index in [0.29, 0.717) is 16.4 Å². The lowest BCUT2D eigenvalue weighted by molar-refractivity contribution is -0.384. The Morgan fingerprint density at radius 1 is 1.21 bits per heavy atom. The summed E-state index contributed by atoms with van der Waals surface area (Å²) in [7, 11) is -4.63. The Morgan fingerprint density at radius 2 is 1.79 bits per heavy atom. The van der Waals surface area contributed by atoms with E-state index in [1.807, 2.05) is 0 Å². The van der Waals surface area contributed by atoms with E-state index in [-0.39, 0.29) is 11.3 Å². The Labute approximate surface area is 163 Å². The molecule has 2 aromatic rings. The number of rotatable bonds is 7. The van der Waals surface area contributed by atoms with Gasteiger partial charge in [-0.15, -0.1) is 0 Å². The predicted molar refractivity (Wildman–Crippen MR) is 94.4 cm³/mol. The maximum atomic E-state index is 12.9. The predicted octanol–water partition coefficient (Wildman–Crippen LogP) is 3.28. The number of aliphatic carboxylic acids is 1. The maximum absolute atomic E-state index is 12.9. The Hall–Kier alpha value is -2.99. The van der Waals surface area contributed by atoms with E-state index in [1.165, 1.54) is 12.1 Å². The summed E-state index contributed by atoms with van der Waals surface area (Å²) in [5, 5.41) is 20.0. The molecule has 8 nitrogen and oxygen atoms in total. The van der Waals surface area contributed by atoms with Gasteiger partial charge in [0.05, 0.1) is 15.4 Å². The monoisotopic (exact) mass is 432 g/mol. The van der Waals surface area contributed by atoms with Gasteiger partial charge in [0, 0.05) is 18.7 Å². The number of alkyl halides is 3. The van der Waals surface area contributed by atoms with Crippen LogP contribution in [0.4, 0.5) is 18.9 Å². The van der Waals surface area contributed by atoms with Crippen molar-refractivity contribution in [1.29, 1.82) is 0 Å². The Bertz CT molecular complexity index is 1020. The number of nitro benzene ring substituents is 1. The lowest BCUT2D eigenvalue weighted by atomic mass is 10.2. The summed E-state index contributed by atoms with van der Waals surface area (Å²) < 4.78 is 65.2. The molecule has 1 N–H and O–H groups in total. The van der Waals surface area contributed by atoms with Gasteiger partial charge in [0.2, 0.25) is 10.0 Å². The zero-order chi connectivity index (χ0) is 22.0. The molecule has 0 aliphatic heterocycles. The highest BCUT2D eigenvalue weighted by Crippen LogP contribution is 2.32. The SMILES string of the molecule is C[C@@H](C(=O)O)N(Cc1ccc([N+](=O)[O-])cc1)S(=O)(=O)c1cccc(C(F)(F)F)c1. The summed E-state index contributed by atoms with van der Waals surface area (Å²) in [4.78, 5) is 20.7. The van der Waals surface area contributed by atoms with Gasteiger partial charge in [-0.1, -0.05) is 18.2 Å². The van der Waals surface area contributed by atoms with Gasteiger partial charge >= 0.3 is 12.1 Å².